The number of amides is 3. The predicted octanol–water partition coefficient (Wildman–Crippen LogP) is 3.53. The molecule has 6 nitrogen and oxygen atoms in total. The smallest absolute Gasteiger partial charge is 0.323 e. The van der Waals surface area contributed by atoms with Gasteiger partial charge in [-0.15, -0.1) is 0 Å². The van der Waals surface area contributed by atoms with Crippen molar-refractivity contribution in [1.29, 1.82) is 0 Å². The molecule has 7 heteroatoms. The number of hydrogen-bond donors (Lipinski definition) is 2. The van der Waals surface area contributed by atoms with Gasteiger partial charge in [-0.25, -0.2) is 9.18 Å². The minimum atomic E-state index is -0.391. The molecule has 1 fully saturated rings. The molecular formula is C21H22FN3O3. The number of carbonyl (C=O) groups excluding carboxylic acids is 2. The van der Waals surface area contributed by atoms with Gasteiger partial charge in [0, 0.05) is 31.1 Å². The Kier molecular flexibility index (Phi) is 5.25. The Morgan fingerprint density at radius 3 is 2.68 bits per heavy atom. The van der Waals surface area contributed by atoms with E-state index in [-0.39, 0.29) is 17.8 Å². The third kappa shape index (κ3) is 3.99. The summed E-state index contributed by atoms with van der Waals surface area (Å²) in [5.74, 6) is -0.305. The largest absolute Gasteiger partial charge is 0.368 e. The van der Waals surface area contributed by atoms with E-state index in [0.29, 0.717) is 31.8 Å². The SMILES string of the molecule is O=C(Nc1ccc(F)cc1)Nc1cccc2c1CCN(C(=O)[C@@H]1CCCO1)C2. The molecule has 4 rings (SSSR count). The highest BCUT2D eigenvalue weighted by molar-refractivity contribution is 6.00. The zero-order chi connectivity index (χ0) is 19.5. The summed E-state index contributed by atoms with van der Waals surface area (Å²) in [4.78, 5) is 26.7. The number of nitrogens with zero attached hydrogens (tertiary/aromatic N) is 1. The monoisotopic (exact) mass is 383 g/mol. The van der Waals surface area contributed by atoms with Gasteiger partial charge < -0.3 is 20.3 Å². The van der Waals surface area contributed by atoms with Gasteiger partial charge in [0.2, 0.25) is 0 Å². The molecule has 1 atom stereocenters. The average Bonchev–Trinajstić information content (AvgIpc) is 3.24. The molecule has 2 aromatic rings. The second-order valence-corrected chi connectivity index (χ2v) is 7.04. The van der Waals surface area contributed by atoms with Crippen molar-refractivity contribution in [2.24, 2.45) is 0 Å². The first-order valence-electron chi connectivity index (χ1n) is 9.45. The van der Waals surface area contributed by atoms with Crippen molar-refractivity contribution in [3.63, 3.8) is 0 Å². The molecule has 28 heavy (non-hydrogen) atoms. The van der Waals surface area contributed by atoms with E-state index in [9.17, 15) is 14.0 Å². The molecule has 0 spiro atoms. The van der Waals surface area contributed by atoms with E-state index < -0.39 is 6.03 Å². The number of fused-ring (bicyclic) bond motifs is 1. The van der Waals surface area contributed by atoms with Crippen molar-refractivity contribution in [3.8, 4) is 0 Å². The quantitative estimate of drug-likeness (QED) is 0.852. The lowest BCUT2D eigenvalue weighted by molar-refractivity contribution is -0.141. The number of ether oxygens (including phenoxy) is 1. The van der Waals surface area contributed by atoms with Crippen LogP contribution in [0.2, 0.25) is 0 Å². The zero-order valence-electron chi connectivity index (χ0n) is 15.4. The lowest BCUT2D eigenvalue weighted by Gasteiger charge is -2.31. The summed E-state index contributed by atoms with van der Waals surface area (Å²) in [5, 5.41) is 5.55. The number of anilines is 2. The molecule has 0 aromatic heterocycles. The number of carbonyl (C=O) groups is 2. The molecule has 2 aliphatic rings. The molecule has 1 saturated heterocycles. The van der Waals surface area contributed by atoms with Crippen molar-refractivity contribution in [2.75, 3.05) is 23.8 Å². The van der Waals surface area contributed by atoms with Crippen molar-refractivity contribution in [3.05, 3.63) is 59.4 Å². The van der Waals surface area contributed by atoms with Gasteiger partial charge >= 0.3 is 6.03 Å². The van der Waals surface area contributed by atoms with Crippen molar-refractivity contribution in [2.45, 2.75) is 31.9 Å². The van der Waals surface area contributed by atoms with Gasteiger partial charge in [0.05, 0.1) is 0 Å². The fraction of sp³-hybridized carbons (Fsp3) is 0.333. The molecule has 3 amide bonds. The lowest BCUT2D eigenvalue weighted by Crippen LogP contribution is -2.42. The van der Waals surface area contributed by atoms with Crippen LogP contribution >= 0.6 is 0 Å². The first kappa shape index (κ1) is 18.4. The molecule has 2 aliphatic heterocycles. The van der Waals surface area contributed by atoms with Crippen LogP contribution in [0.1, 0.15) is 24.0 Å². The molecule has 0 unspecified atom stereocenters. The standard InChI is InChI=1S/C21H22FN3O3/c22-15-6-8-16(9-7-15)23-21(27)24-18-4-1-3-14-13-25(11-10-17(14)18)20(26)19-5-2-12-28-19/h1,3-4,6-9,19H,2,5,10-13H2,(H2,23,24,27)/t19-/m0/s1. The fourth-order valence-corrected chi connectivity index (χ4v) is 3.71. The van der Waals surface area contributed by atoms with Crippen molar-refractivity contribution >= 4 is 23.3 Å². The van der Waals surface area contributed by atoms with E-state index in [1.165, 1.54) is 24.3 Å². The highest BCUT2D eigenvalue weighted by Crippen LogP contribution is 2.28. The second-order valence-electron chi connectivity index (χ2n) is 7.04. The first-order chi connectivity index (χ1) is 13.6. The second kappa shape index (κ2) is 7.98. The molecular weight excluding hydrogens is 361 g/mol. The van der Waals surface area contributed by atoms with Gasteiger partial charge in [0.15, 0.2) is 0 Å². The number of nitrogens with one attached hydrogen (secondary N) is 2. The van der Waals surface area contributed by atoms with Gasteiger partial charge in [0.1, 0.15) is 11.9 Å². The van der Waals surface area contributed by atoms with E-state index in [1.807, 2.05) is 23.1 Å². The van der Waals surface area contributed by atoms with Crippen LogP contribution in [0, 0.1) is 5.82 Å². The molecule has 2 aromatic carbocycles. The third-order valence-corrected chi connectivity index (χ3v) is 5.13. The predicted molar refractivity (Wildman–Crippen MR) is 104 cm³/mol. The highest BCUT2D eigenvalue weighted by Gasteiger charge is 2.30. The van der Waals surface area contributed by atoms with Gasteiger partial charge in [-0.1, -0.05) is 12.1 Å². The van der Waals surface area contributed by atoms with E-state index in [2.05, 4.69) is 10.6 Å². The Balaban J connectivity index is 1.43. The van der Waals surface area contributed by atoms with Gasteiger partial charge in [-0.05, 0) is 60.7 Å². The number of halogens is 1. The molecule has 0 bridgehead atoms. The first-order valence-corrected chi connectivity index (χ1v) is 9.45. The Morgan fingerprint density at radius 2 is 1.93 bits per heavy atom. The normalized spacial score (nSPS) is 18.5. The van der Waals surface area contributed by atoms with Crippen molar-refractivity contribution < 1.29 is 18.7 Å². The fourth-order valence-electron chi connectivity index (χ4n) is 3.71. The van der Waals surface area contributed by atoms with Crippen LogP contribution in [0.5, 0.6) is 0 Å². The summed E-state index contributed by atoms with van der Waals surface area (Å²) in [5.41, 5.74) is 3.30. The average molecular weight is 383 g/mol. The Hall–Kier alpha value is -2.93. The summed E-state index contributed by atoms with van der Waals surface area (Å²) < 4.78 is 18.5. The van der Waals surface area contributed by atoms with Crippen LogP contribution in [0.4, 0.5) is 20.6 Å². The summed E-state index contributed by atoms with van der Waals surface area (Å²) in [6.45, 7) is 1.77. The number of rotatable bonds is 3. The third-order valence-electron chi connectivity index (χ3n) is 5.13. The molecule has 0 aliphatic carbocycles. The van der Waals surface area contributed by atoms with Gasteiger partial charge in [-0.3, -0.25) is 4.79 Å². The minimum absolute atomic E-state index is 0.0514. The maximum absolute atomic E-state index is 13.0. The molecule has 0 radical (unpaired) electrons. The van der Waals surface area contributed by atoms with Gasteiger partial charge in [0.25, 0.3) is 5.91 Å². The summed E-state index contributed by atoms with van der Waals surface area (Å²) >= 11 is 0. The van der Waals surface area contributed by atoms with E-state index in [1.54, 1.807) is 0 Å². The van der Waals surface area contributed by atoms with E-state index in [0.717, 1.165) is 29.7 Å². The Labute approximate surface area is 162 Å². The summed E-state index contributed by atoms with van der Waals surface area (Å²) in [6, 6.07) is 10.9. The number of hydrogen-bond acceptors (Lipinski definition) is 3. The maximum atomic E-state index is 13.0. The maximum Gasteiger partial charge on any atom is 0.323 e. The van der Waals surface area contributed by atoms with Crippen molar-refractivity contribution in [1.82, 2.24) is 4.90 Å². The van der Waals surface area contributed by atoms with Crippen LogP contribution in [-0.2, 0) is 22.5 Å². The zero-order valence-corrected chi connectivity index (χ0v) is 15.4. The molecule has 2 N–H and O–H groups in total. The Morgan fingerprint density at radius 1 is 1.11 bits per heavy atom. The van der Waals surface area contributed by atoms with Crippen LogP contribution in [0.25, 0.3) is 0 Å². The molecule has 146 valence electrons. The van der Waals surface area contributed by atoms with Crippen LogP contribution < -0.4 is 10.6 Å². The lowest BCUT2D eigenvalue weighted by atomic mass is 9.97. The van der Waals surface area contributed by atoms with Crippen LogP contribution in [0.15, 0.2) is 42.5 Å². The molecule has 0 saturated carbocycles. The molecule has 2 heterocycles. The Bertz CT molecular complexity index is 879. The van der Waals surface area contributed by atoms with Gasteiger partial charge in [-0.2, -0.15) is 0 Å². The number of urea groups is 1. The summed E-state index contributed by atoms with van der Waals surface area (Å²) in [6.07, 6.45) is 2.07. The number of benzene rings is 2. The topological polar surface area (TPSA) is 70.7 Å². The van der Waals surface area contributed by atoms with E-state index >= 15 is 0 Å². The minimum Gasteiger partial charge on any atom is -0.368 e. The van der Waals surface area contributed by atoms with Crippen LogP contribution in [0.3, 0.4) is 0 Å². The van der Waals surface area contributed by atoms with E-state index in [4.69, 9.17) is 4.74 Å². The highest BCUT2D eigenvalue weighted by atomic mass is 19.1. The summed E-state index contributed by atoms with van der Waals surface area (Å²) in [7, 11) is 0. The van der Waals surface area contributed by atoms with Crippen LogP contribution in [-0.4, -0.2) is 36.1 Å².